The fourth-order valence-corrected chi connectivity index (χ4v) is 3.62. The number of esters is 1. The Balaban J connectivity index is 2.21. The van der Waals surface area contributed by atoms with Gasteiger partial charge in [0.15, 0.2) is 0 Å². The molecule has 8 heteroatoms. The predicted molar refractivity (Wildman–Crippen MR) is 124 cm³/mol. The molecule has 1 atom stereocenters. The summed E-state index contributed by atoms with van der Waals surface area (Å²) in [5.41, 5.74) is 3.14. The van der Waals surface area contributed by atoms with E-state index in [1.54, 1.807) is 30.3 Å². The van der Waals surface area contributed by atoms with E-state index in [-0.39, 0.29) is 11.4 Å². The lowest BCUT2D eigenvalue weighted by molar-refractivity contribution is 0.0297. The van der Waals surface area contributed by atoms with Gasteiger partial charge in [0, 0.05) is 12.0 Å². The minimum absolute atomic E-state index is 0.185. The number of hydrogen-bond donors (Lipinski definition) is 2. The van der Waals surface area contributed by atoms with Crippen LogP contribution in [0.5, 0.6) is 11.5 Å². The first-order valence-corrected chi connectivity index (χ1v) is 10.3. The van der Waals surface area contributed by atoms with Crippen molar-refractivity contribution in [2.45, 2.75) is 26.4 Å². The molecule has 0 amide bonds. The summed E-state index contributed by atoms with van der Waals surface area (Å²) in [7, 11) is 2.93. The summed E-state index contributed by atoms with van der Waals surface area (Å²) in [6.45, 7) is 3.90. The van der Waals surface area contributed by atoms with Crippen molar-refractivity contribution in [1.29, 1.82) is 0 Å². The van der Waals surface area contributed by atoms with E-state index in [4.69, 9.17) is 14.2 Å². The Kier molecular flexibility index (Phi) is 7.50. The number of oxime groups is 2. The van der Waals surface area contributed by atoms with Crippen molar-refractivity contribution in [1.82, 2.24) is 0 Å². The number of methoxy groups -OCH3 is 2. The highest BCUT2D eigenvalue weighted by Crippen LogP contribution is 2.42. The highest BCUT2D eigenvalue weighted by Gasteiger charge is 2.32. The Morgan fingerprint density at radius 3 is 2.18 bits per heavy atom. The minimum Gasteiger partial charge on any atom is -0.496 e. The zero-order chi connectivity index (χ0) is 24.0. The van der Waals surface area contributed by atoms with Crippen molar-refractivity contribution >= 4 is 17.4 Å². The van der Waals surface area contributed by atoms with E-state index < -0.39 is 12.1 Å². The summed E-state index contributed by atoms with van der Waals surface area (Å²) in [6, 6.07) is 10.4. The van der Waals surface area contributed by atoms with Crippen LogP contribution in [0.4, 0.5) is 0 Å². The monoisotopic (exact) mass is 450 g/mol. The van der Waals surface area contributed by atoms with Crippen molar-refractivity contribution in [3.05, 3.63) is 82.5 Å². The van der Waals surface area contributed by atoms with Crippen LogP contribution in [-0.4, -0.2) is 42.0 Å². The van der Waals surface area contributed by atoms with Crippen LogP contribution in [0.25, 0.3) is 0 Å². The van der Waals surface area contributed by atoms with Gasteiger partial charge in [-0.25, -0.2) is 4.79 Å². The van der Waals surface area contributed by atoms with E-state index in [0.717, 1.165) is 5.57 Å². The van der Waals surface area contributed by atoms with Crippen molar-refractivity contribution in [2.75, 3.05) is 14.2 Å². The van der Waals surface area contributed by atoms with Crippen LogP contribution in [0.1, 0.15) is 53.4 Å². The molecule has 0 radical (unpaired) electrons. The maximum atomic E-state index is 12.9. The van der Waals surface area contributed by atoms with E-state index in [2.05, 4.69) is 10.3 Å². The number of carbonyl (C=O) groups excluding carboxylic acids is 1. The molecule has 0 heterocycles. The molecule has 0 spiro atoms. The number of allylic oxidation sites excluding steroid dienone is 3. The van der Waals surface area contributed by atoms with Crippen LogP contribution < -0.4 is 9.47 Å². The molecule has 0 aliphatic heterocycles. The molecule has 0 saturated heterocycles. The molecular weight excluding hydrogens is 424 g/mol. The highest BCUT2D eigenvalue weighted by molar-refractivity contribution is 6.27. The summed E-state index contributed by atoms with van der Waals surface area (Å²) >= 11 is 0. The van der Waals surface area contributed by atoms with E-state index in [1.807, 2.05) is 26.0 Å². The normalized spacial score (nSPS) is 15.6. The molecule has 0 bridgehead atoms. The first-order chi connectivity index (χ1) is 15.9. The Hall–Kier alpha value is -4.07. The van der Waals surface area contributed by atoms with Crippen LogP contribution in [0.15, 0.2) is 70.5 Å². The number of rotatable bonds is 7. The van der Waals surface area contributed by atoms with E-state index >= 15 is 0 Å². The van der Waals surface area contributed by atoms with Crippen molar-refractivity contribution in [3.8, 4) is 11.5 Å². The Morgan fingerprint density at radius 2 is 1.64 bits per heavy atom. The van der Waals surface area contributed by atoms with Crippen molar-refractivity contribution < 1.29 is 29.4 Å². The fourth-order valence-electron chi connectivity index (χ4n) is 3.62. The second-order valence-corrected chi connectivity index (χ2v) is 7.53. The van der Waals surface area contributed by atoms with Gasteiger partial charge in [0.25, 0.3) is 0 Å². The summed E-state index contributed by atoms with van der Waals surface area (Å²) in [5, 5.41) is 25.8. The zero-order valence-corrected chi connectivity index (χ0v) is 18.9. The quantitative estimate of drug-likeness (QED) is 0.269. The van der Waals surface area contributed by atoms with Gasteiger partial charge in [0.05, 0.1) is 30.9 Å². The van der Waals surface area contributed by atoms with Gasteiger partial charge in [0.1, 0.15) is 29.0 Å². The van der Waals surface area contributed by atoms with Gasteiger partial charge in [-0.3, -0.25) is 0 Å². The topological polar surface area (TPSA) is 110 Å². The molecule has 2 N–H and O–H groups in total. The summed E-state index contributed by atoms with van der Waals surface area (Å²) in [4.78, 5) is 12.9. The molecule has 2 aromatic carbocycles. The lowest BCUT2D eigenvalue weighted by atomic mass is 9.88. The number of hydrogen-bond acceptors (Lipinski definition) is 8. The molecule has 1 aliphatic carbocycles. The molecular formula is C25H26N2O6. The van der Waals surface area contributed by atoms with Crippen LogP contribution in [0.3, 0.4) is 0 Å². The fraction of sp³-hybridized carbons (Fsp3) is 0.240. The summed E-state index contributed by atoms with van der Waals surface area (Å²) < 4.78 is 17.2. The smallest absolute Gasteiger partial charge is 0.338 e. The van der Waals surface area contributed by atoms with Crippen LogP contribution in [0.2, 0.25) is 0 Å². The molecule has 1 aliphatic rings. The third-order valence-electron chi connectivity index (χ3n) is 5.17. The number of benzene rings is 2. The van der Waals surface area contributed by atoms with E-state index in [1.165, 1.54) is 26.4 Å². The number of nitrogens with zero attached hydrogens (tertiary/aromatic N) is 2. The zero-order valence-electron chi connectivity index (χ0n) is 18.9. The van der Waals surface area contributed by atoms with Gasteiger partial charge < -0.3 is 24.6 Å². The maximum absolute atomic E-state index is 12.9. The lowest BCUT2D eigenvalue weighted by Crippen LogP contribution is -2.20. The van der Waals surface area contributed by atoms with Crippen molar-refractivity contribution in [3.63, 3.8) is 0 Å². The van der Waals surface area contributed by atoms with Gasteiger partial charge in [-0.05, 0) is 44.2 Å². The second kappa shape index (κ2) is 10.5. The van der Waals surface area contributed by atoms with Gasteiger partial charge in [-0.1, -0.05) is 40.2 Å². The third kappa shape index (κ3) is 4.90. The molecule has 0 unspecified atom stereocenters. The lowest BCUT2D eigenvalue weighted by Gasteiger charge is -2.26. The molecule has 0 fully saturated rings. The van der Waals surface area contributed by atoms with Gasteiger partial charge in [-0.2, -0.15) is 0 Å². The largest absolute Gasteiger partial charge is 0.496 e. The van der Waals surface area contributed by atoms with Gasteiger partial charge in [0.2, 0.25) is 0 Å². The SMILES string of the molecule is COc1cc([C@@H](CC=C(C)C)OC(=O)c2ccccc2)c(OC)c2c1C(=NO)C=CC2=NO. The third-order valence-corrected chi connectivity index (χ3v) is 5.17. The molecule has 0 saturated carbocycles. The Morgan fingerprint density at radius 1 is 1.00 bits per heavy atom. The number of ether oxygens (including phenoxy) is 3. The first kappa shape index (κ1) is 23.6. The van der Waals surface area contributed by atoms with E-state index in [0.29, 0.717) is 40.2 Å². The van der Waals surface area contributed by atoms with Crippen LogP contribution in [0, 0.1) is 0 Å². The van der Waals surface area contributed by atoms with Crippen molar-refractivity contribution in [2.24, 2.45) is 10.3 Å². The summed E-state index contributed by atoms with van der Waals surface area (Å²) in [5.74, 6) is 0.171. The average molecular weight is 450 g/mol. The molecule has 33 heavy (non-hydrogen) atoms. The highest BCUT2D eigenvalue weighted by atomic mass is 16.5. The van der Waals surface area contributed by atoms with Crippen LogP contribution in [-0.2, 0) is 4.74 Å². The predicted octanol–water partition coefficient (Wildman–Crippen LogP) is 4.88. The van der Waals surface area contributed by atoms with Gasteiger partial charge in [-0.15, -0.1) is 0 Å². The molecule has 8 nitrogen and oxygen atoms in total. The maximum Gasteiger partial charge on any atom is 0.338 e. The van der Waals surface area contributed by atoms with Crippen LogP contribution >= 0.6 is 0 Å². The minimum atomic E-state index is -0.734. The standard InChI is InChI=1S/C25H26N2O6/c1-15(2)10-13-20(33-25(28)16-8-6-5-7-9-16)17-14-21(31-3)22-18(26-29)11-12-19(27-30)23(22)24(17)32-4/h5-12,14,20,29-30H,13H2,1-4H3/t20-/m1/s1. The molecule has 3 rings (SSSR count). The van der Waals surface area contributed by atoms with Gasteiger partial charge >= 0.3 is 5.97 Å². The molecule has 2 aromatic rings. The van der Waals surface area contributed by atoms with E-state index in [9.17, 15) is 15.2 Å². The molecule has 172 valence electrons. The summed E-state index contributed by atoms with van der Waals surface area (Å²) in [6.07, 6.45) is 4.58. The number of fused-ring (bicyclic) bond motifs is 1. The Labute approximate surface area is 192 Å². The average Bonchev–Trinajstić information content (AvgIpc) is 2.84. The number of carbonyl (C=O) groups is 1. The molecule has 0 aromatic heterocycles. The Bertz CT molecular complexity index is 1150. The second-order valence-electron chi connectivity index (χ2n) is 7.53. The first-order valence-electron chi connectivity index (χ1n) is 10.3.